The van der Waals surface area contributed by atoms with Crippen molar-refractivity contribution in [3.8, 4) is 11.5 Å². The molecule has 0 radical (unpaired) electrons. The number of halogens is 1. The van der Waals surface area contributed by atoms with Crippen LogP contribution in [0, 0.1) is 0 Å². The number of aliphatic hydroxyl groups excluding tert-OH is 1. The van der Waals surface area contributed by atoms with Crippen LogP contribution in [0.5, 0.6) is 11.5 Å². The third kappa shape index (κ3) is 3.35. The van der Waals surface area contributed by atoms with Gasteiger partial charge < -0.3 is 14.9 Å². The van der Waals surface area contributed by atoms with Gasteiger partial charge in [0.15, 0.2) is 5.78 Å². The van der Waals surface area contributed by atoms with E-state index in [1.165, 1.54) is 19.2 Å². The first-order chi connectivity index (χ1) is 10.0. The van der Waals surface area contributed by atoms with Crippen LogP contribution in [0.1, 0.15) is 15.9 Å². The number of aromatic hydroxyl groups is 1. The molecule has 4 nitrogen and oxygen atoms in total. The van der Waals surface area contributed by atoms with E-state index in [0.717, 1.165) is 6.08 Å². The number of carbonyl (C=O) groups is 1. The first-order valence-corrected chi connectivity index (χ1v) is 6.47. The Morgan fingerprint density at radius 2 is 1.90 bits per heavy atom. The summed E-state index contributed by atoms with van der Waals surface area (Å²) in [7, 11) is 1.46. The fraction of sp³-hybridized carbons (Fsp3) is 0.0625. The molecular formula is C16H13ClO4. The van der Waals surface area contributed by atoms with E-state index in [2.05, 4.69) is 0 Å². The van der Waals surface area contributed by atoms with Gasteiger partial charge in [-0.2, -0.15) is 0 Å². The van der Waals surface area contributed by atoms with Crippen molar-refractivity contribution in [1.82, 2.24) is 0 Å². The van der Waals surface area contributed by atoms with E-state index in [1.807, 2.05) is 0 Å². The maximum atomic E-state index is 12.1. The van der Waals surface area contributed by atoms with Crippen molar-refractivity contribution in [2.45, 2.75) is 0 Å². The summed E-state index contributed by atoms with van der Waals surface area (Å²) in [5, 5.41) is 20.1. The van der Waals surface area contributed by atoms with Gasteiger partial charge in [-0.25, -0.2) is 0 Å². The van der Waals surface area contributed by atoms with E-state index in [-0.39, 0.29) is 22.6 Å². The molecule has 21 heavy (non-hydrogen) atoms. The first kappa shape index (κ1) is 14.9. The van der Waals surface area contributed by atoms with Crippen LogP contribution < -0.4 is 4.74 Å². The molecule has 108 valence electrons. The summed E-state index contributed by atoms with van der Waals surface area (Å²) in [6.07, 6.45) is 1.01. The van der Waals surface area contributed by atoms with Crippen LogP contribution in [-0.2, 0) is 0 Å². The number of aliphatic hydroxyl groups is 1. The molecule has 0 aromatic heterocycles. The van der Waals surface area contributed by atoms with Crippen molar-refractivity contribution >= 4 is 23.1 Å². The van der Waals surface area contributed by atoms with E-state index in [4.69, 9.17) is 16.3 Å². The molecule has 0 atom stereocenters. The van der Waals surface area contributed by atoms with Gasteiger partial charge in [0.25, 0.3) is 0 Å². The smallest absolute Gasteiger partial charge is 0.191 e. The Kier molecular flexibility index (Phi) is 4.50. The van der Waals surface area contributed by atoms with Gasteiger partial charge in [0.1, 0.15) is 17.3 Å². The van der Waals surface area contributed by atoms with Gasteiger partial charge in [-0.15, -0.1) is 0 Å². The van der Waals surface area contributed by atoms with Crippen molar-refractivity contribution in [2.75, 3.05) is 7.11 Å². The molecule has 0 bridgehead atoms. The van der Waals surface area contributed by atoms with E-state index >= 15 is 0 Å². The zero-order valence-electron chi connectivity index (χ0n) is 11.2. The Morgan fingerprint density at radius 3 is 2.57 bits per heavy atom. The summed E-state index contributed by atoms with van der Waals surface area (Å²) >= 11 is 5.93. The zero-order chi connectivity index (χ0) is 15.4. The molecule has 0 fully saturated rings. The van der Waals surface area contributed by atoms with Gasteiger partial charge in [-0.1, -0.05) is 23.7 Å². The normalized spacial score (nSPS) is 11.2. The second-order valence-corrected chi connectivity index (χ2v) is 4.66. The molecule has 5 heteroatoms. The fourth-order valence-corrected chi connectivity index (χ4v) is 2.02. The van der Waals surface area contributed by atoms with Crippen LogP contribution in [0.25, 0.3) is 5.76 Å². The average Bonchev–Trinajstić information content (AvgIpc) is 2.48. The third-order valence-electron chi connectivity index (χ3n) is 2.89. The summed E-state index contributed by atoms with van der Waals surface area (Å²) in [6, 6.07) is 10.9. The Labute approximate surface area is 126 Å². The number of hydrogen-bond acceptors (Lipinski definition) is 4. The second-order valence-electron chi connectivity index (χ2n) is 4.26. The van der Waals surface area contributed by atoms with Crippen LogP contribution in [0.4, 0.5) is 0 Å². The number of ketones is 1. The Hall–Kier alpha value is -2.46. The average molecular weight is 305 g/mol. The molecule has 0 amide bonds. The lowest BCUT2D eigenvalue weighted by molar-refractivity contribution is 0.104. The topological polar surface area (TPSA) is 66.8 Å². The number of ether oxygens (including phenoxy) is 1. The van der Waals surface area contributed by atoms with Gasteiger partial charge in [-0.05, 0) is 30.3 Å². The van der Waals surface area contributed by atoms with Gasteiger partial charge in [0, 0.05) is 11.6 Å². The number of rotatable bonds is 4. The molecule has 0 aliphatic carbocycles. The van der Waals surface area contributed by atoms with E-state index in [9.17, 15) is 15.0 Å². The number of phenolic OH excluding ortho intramolecular Hbond substituents is 1. The van der Waals surface area contributed by atoms with Crippen molar-refractivity contribution in [1.29, 1.82) is 0 Å². The van der Waals surface area contributed by atoms with Crippen LogP contribution in [0.15, 0.2) is 48.5 Å². The Morgan fingerprint density at radius 1 is 1.19 bits per heavy atom. The molecule has 2 aromatic rings. The van der Waals surface area contributed by atoms with Crippen LogP contribution >= 0.6 is 11.6 Å². The number of carbonyl (C=O) groups excluding carboxylic acids is 1. The molecule has 0 spiro atoms. The molecular weight excluding hydrogens is 292 g/mol. The molecule has 2 rings (SSSR count). The minimum atomic E-state index is -0.458. The molecule has 0 saturated carbocycles. The molecule has 0 aliphatic rings. The number of hydrogen-bond donors (Lipinski definition) is 2. The molecule has 0 saturated heterocycles. The lowest BCUT2D eigenvalue weighted by atomic mass is 10.1. The Bertz CT molecular complexity index is 707. The van der Waals surface area contributed by atoms with Crippen molar-refractivity contribution in [3.63, 3.8) is 0 Å². The quantitative estimate of drug-likeness (QED) is 0.512. The number of allylic oxidation sites excluding steroid dienone is 1. The first-order valence-electron chi connectivity index (χ1n) is 6.10. The maximum Gasteiger partial charge on any atom is 0.191 e. The van der Waals surface area contributed by atoms with E-state index in [0.29, 0.717) is 10.8 Å². The van der Waals surface area contributed by atoms with Gasteiger partial charge in [0.05, 0.1) is 17.7 Å². The van der Waals surface area contributed by atoms with Gasteiger partial charge in [-0.3, -0.25) is 4.79 Å². The lowest BCUT2D eigenvalue weighted by Gasteiger charge is -2.07. The highest BCUT2D eigenvalue weighted by Gasteiger charge is 2.12. The summed E-state index contributed by atoms with van der Waals surface area (Å²) in [4.78, 5) is 12.1. The number of phenols is 1. The summed E-state index contributed by atoms with van der Waals surface area (Å²) in [6.45, 7) is 0. The monoisotopic (exact) mass is 304 g/mol. The highest BCUT2D eigenvalue weighted by Crippen LogP contribution is 2.28. The predicted molar refractivity (Wildman–Crippen MR) is 81.0 cm³/mol. The number of methoxy groups -OCH3 is 1. The van der Waals surface area contributed by atoms with Crippen molar-refractivity contribution in [2.24, 2.45) is 0 Å². The fourth-order valence-electron chi connectivity index (χ4n) is 1.79. The number of benzene rings is 2. The minimum absolute atomic E-state index is 0.106. The maximum absolute atomic E-state index is 12.1. The predicted octanol–water partition coefficient (Wildman–Crippen LogP) is 3.84. The van der Waals surface area contributed by atoms with E-state index < -0.39 is 5.78 Å². The third-order valence-corrected chi connectivity index (χ3v) is 3.22. The lowest BCUT2D eigenvalue weighted by Crippen LogP contribution is -1.98. The molecule has 0 aliphatic heterocycles. The van der Waals surface area contributed by atoms with Crippen LogP contribution in [0.2, 0.25) is 5.02 Å². The summed E-state index contributed by atoms with van der Waals surface area (Å²) in [5.74, 6) is -0.527. The second kappa shape index (κ2) is 6.33. The zero-order valence-corrected chi connectivity index (χ0v) is 12.0. The molecule has 0 unspecified atom stereocenters. The molecule has 2 aromatic carbocycles. The SMILES string of the molecule is COc1ccc(O)c(/C(O)=C/C(=O)c2ccccc2Cl)c1. The largest absolute Gasteiger partial charge is 0.507 e. The van der Waals surface area contributed by atoms with Crippen LogP contribution in [0.3, 0.4) is 0 Å². The highest BCUT2D eigenvalue weighted by atomic mass is 35.5. The standard InChI is InChI=1S/C16H13ClO4/c1-21-10-6-7-14(18)12(8-10)16(20)9-15(19)11-4-2-3-5-13(11)17/h2-9,18,20H,1H3/b16-9-. The summed E-state index contributed by atoms with van der Waals surface area (Å²) in [5.41, 5.74) is 0.378. The minimum Gasteiger partial charge on any atom is -0.507 e. The van der Waals surface area contributed by atoms with Crippen molar-refractivity contribution < 1.29 is 19.7 Å². The summed E-state index contributed by atoms with van der Waals surface area (Å²) < 4.78 is 5.01. The molecule has 0 heterocycles. The Balaban J connectivity index is 2.37. The van der Waals surface area contributed by atoms with Gasteiger partial charge in [0.2, 0.25) is 0 Å². The van der Waals surface area contributed by atoms with Crippen LogP contribution in [-0.4, -0.2) is 23.1 Å². The van der Waals surface area contributed by atoms with E-state index in [1.54, 1.807) is 30.3 Å². The van der Waals surface area contributed by atoms with Crippen molar-refractivity contribution in [3.05, 3.63) is 64.7 Å². The highest BCUT2D eigenvalue weighted by molar-refractivity contribution is 6.34. The van der Waals surface area contributed by atoms with Gasteiger partial charge >= 0.3 is 0 Å². The molecule has 2 N–H and O–H groups in total.